The molecule has 0 radical (unpaired) electrons. The van der Waals surface area contributed by atoms with Crippen molar-refractivity contribution in [3.8, 4) is 0 Å². The van der Waals surface area contributed by atoms with Crippen LogP contribution in [0.2, 0.25) is 0 Å². The monoisotopic (exact) mass is 423 g/mol. The number of hydrogen-bond donors (Lipinski definition) is 2. The largest absolute Gasteiger partial charge is 0.467 e. The molecule has 0 bridgehead atoms. The smallest absolute Gasteiger partial charge is 0.191 e. The predicted molar refractivity (Wildman–Crippen MR) is 102 cm³/mol. The molecular weight excluding hydrogens is 393 g/mol. The highest BCUT2D eigenvalue weighted by Crippen LogP contribution is 2.09. The third-order valence-corrected chi connectivity index (χ3v) is 3.16. The maximum absolute atomic E-state index is 5.75. The van der Waals surface area contributed by atoms with Gasteiger partial charge in [0.15, 0.2) is 5.96 Å². The summed E-state index contributed by atoms with van der Waals surface area (Å²) < 4.78 is 11.0. The van der Waals surface area contributed by atoms with Crippen LogP contribution in [0.3, 0.4) is 0 Å². The van der Waals surface area contributed by atoms with Crippen molar-refractivity contribution in [2.45, 2.75) is 46.8 Å². The fourth-order valence-electron chi connectivity index (χ4n) is 2.06. The Morgan fingerprint density at radius 2 is 2.09 bits per heavy atom. The molecule has 0 amide bonds. The van der Waals surface area contributed by atoms with Gasteiger partial charge in [0.05, 0.1) is 12.4 Å². The molecule has 2 N–H and O–H groups in total. The van der Waals surface area contributed by atoms with Crippen molar-refractivity contribution in [2.24, 2.45) is 10.9 Å². The fourth-order valence-corrected chi connectivity index (χ4v) is 2.06. The summed E-state index contributed by atoms with van der Waals surface area (Å²) in [5.74, 6) is 2.20. The number of nitrogens with one attached hydrogen (secondary N) is 2. The number of guanidine groups is 1. The molecule has 1 aromatic heterocycles. The minimum Gasteiger partial charge on any atom is -0.467 e. The van der Waals surface area contributed by atoms with Gasteiger partial charge < -0.3 is 19.8 Å². The van der Waals surface area contributed by atoms with E-state index in [9.17, 15) is 0 Å². The van der Waals surface area contributed by atoms with E-state index in [1.54, 1.807) is 6.26 Å². The van der Waals surface area contributed by atoms with Gasteiger partial charge in [-0.15, -0.1) is 24.0 Å². The SMILES string of the molecule is CCNC(=NCc1ccco1)NCCC(OCC)C(C)C.I. The summed E-state index contributed by atoms with van der Waals surface area (Å²) in [6.07, 6.45) is 2.92. The maximum Gasteiger partial charge on any atom is 0.191 e. The average Bonchev–Trinajstić information content (AvgIpc) is 2.96. The third kappa shape index (κ3) is 8.63. The lowest BCUT2D eigenvalue weighted by Gasteiger charge is -2.21. The predicted octanol–water partition coefficient (Wildman–Crippen LogP) is 3.40. The summed E-state index contributed by atoms with van der Waals surface area (Å²) in [6.45, 7) is 11.5. The molecule has 0 spiro atoms. The molecule has 1 rings (SSSR count). The Hall–Kier alpha value is -0.760. The van der Waals surface area contributed by atoms with Crippen LogP contribution in [-0.4, -0.2) is 31.8 Å². The van der Waals surface area contributed by atoms with E-state index in [-0.39, 0.29) is 30.1 Å². The summed E-state index contributed by atoms with van der Waals surface area (Å²) in [7, 11) is 0. The highest BCUT2D eigenvalue weighted by Gasteiger charge is 2.12. The first-order valence-corrected chi connectivity index (χ1v) is 7.83. The quantitative estimate of drug-likeness (QED) is 0.363. The molecular formula is C16H30IN3O2. The number of nitrogens with zero attached hydrogens (tertiary/aromatic N) is 1. The molecule has 0 aliphatic carbocycles. The van der Waals surface area contributed by atoms with Gasteiger partial charge in [0.25, 0.3) is 0 Å². The standard InChI is InChI=1S/C16H29N3O2.HI/c1-5-17-16(19-12-14-8-7-11-21-14)18-10-9-15(13(3)4)20-6-2;/h7-8,11,13,15H,5-6,9-10,12H2,1-4H3,(H2,17,18,19);1H. The van der Waals surface area contributed by atoms with Gasteiger partial charge in [-0.1, -0.05) is 13.8 Å². The lowest BCUT2D eigenvalue weighted by molar-refractivity contribution is 0.0258. The molecule has 128 valence electrons. The van der Waals surface area contributed by atoms with E-state index in [2.05, 4.69) is 36.4 Å². The van der Waals surface area contributed by atoms with Gasteiger partial charge in [0.2, 0.25) is 0 Å². The summed E-state index contributed by atoms with van der Waals surface area (Å²) >= 11 is 0. The molecule has 1 atom stereocenters. The molecule has 0 aliphatic rings. The Labute approximate surface area is 151 Å². The van der Waals surface area contributed by atoms with E-state index >= 15 is 0 Å². The van der Waals surface area contributed by atoms with Gasteiger partial charge in [0, 0.05) is 19.7 Å². The van der Waals surface area contributed by atoms with E-state index in [0.29, 0.717) is 12.5 Å². The molecule has 0 aromatic carbocycles. The van der Waals surface area contributed by atoms with Gasteiger partial charge in [-0.2, -0.15) is 0 Å². The van der Waals surface area contributed by atoms with Crippen molar-refractivity contribution >= 4 is 29.9 Å². The van der Waals surface area contributed by atoms with Crippen molar-refractivity contribution in [2.75, 3.05) is 19.7 Å². The van der Waals surface area contributed by atoms with Crippen LogP contribution >= 0.6 is 24.0 Å². The second-order valence-corrected chi connectivity index (χ2v) is 5.23. The summed E-state index contributed by atoms with van der Waals surface area (Å²) in [4.78, 5) is 4.50. The van der Waals surface area contributed by atoms with Crippen LogP contribution in [0.4, 0.5) is 0 Å². The normalized spacial score (nSPS) is 12.9. The van der Waals surface area contributed by atoms with Crippen LogP contribution in [-0.2, 0) is 11.3 Å². The fraction of sp³-hybridized carbons (Fsp3) is 0.688. The molecule has 1 unspecified atom stereocenters. The molecule has 6 heteroatoms. The molecule has 22 heavy (non-hydrogen) atoms. The highest BCUT2D eigenvalue weighted by atomic mass is 127. The number of aliphatic imine (C=N–C) groups is 1. The van der Waals surface area contributed by atoms with Crippen molar-refractivity contribution in [1.82, 2.24) is 10.6 Å². The Morgan fingerprint density at radius 1 is 1.32 bits per heavy atom. The molecule has 0 aliphatic heterocycles. The number of hydrogen-bond acceptors (Lipinski definition) is 3. The van der Waals surface area contributed by atoms with Crippen molar-refractivity contribution in [3.63, 3.8) is 0 Å². The lowest BCUT2D eigenvalue weighted by atomic mass is 10.0. The number of halogens is 1. The summed E-state index contributed by atoms with van der Waals surface area (Å²) in [6, 6.07) is 3.80. The zero-order valence-corrected chi connectivity index (χ0v) is 16.4. The first-order chi connectivity index (χ1) is 10.2. The first kappa shape index (κ1) is 21.2. The summed E-state index contributed by atoms with van der Waals surface area (Å²) in [5, 5.41) is 6.58. The third-order valence-electron chi connectivity index (χ3n) is 3.16. The van der Waals surface area contributed by atoms with Crippen molar-refractivity contribution < 1.29 is 9.15 Å². The van der Waals surface area contributed by atoms with E-state index in [1.165, 1.54) is 0 Å². The van der Waals surface area contributed by atoms with Crippen LogP contribution in [0.15, 0.2) is 27.8 Å². The van der Waals surface area contributed by atoms with Crippen molar-refractivity contribution in [3.05, 3.63) is 24.2 Å². The first-order valence-electron chi connectivity index (χ1n) is 7.83. The van der Waals surface area contributed by atoms with E-state index in [0.717, 1.165) is 37.8 Å². The van der Waals surface area contributed by atoms with Gasteiger partial charge in [-0.3, -0.25) is 0 Å². The lowest BCUT2D eigenvalue weighted by Crippen LogP contribution is -2.39. The molecule has 0 saturated heterocycles. The van der Waals surface area contributed by atoms with Crippen LogP contribution in [0.25, 0.3) is 0 Å². The Kier molecular flexibility index (Phi) is 12.3. The van der Waals surface area contributed by atoms with Crippen LogP contribution in [0.1, 0.15) is 39.9 Å². The summed E-state index contributed by atoms with van der Waals surface area (Å²) in [5.41, 5.74) is 0. The second-order valence-electron chi connectivity index (χ2n) is 5.23. The highest BCUT2D eigenvalue weighted by molar-refractivity contribution is 14.0. The minimum atomic E-state index is 0. The van der Waals surface area contributed by atoms with E-state index < -0.39 is 0 Å². The molecule has 0 fully saturated rings. The van der Waals surface area contributed by atoms with Gasteiger partial charge in [-0.25, -0.2) is 4.99 Å². The number of rotatable bonds is 9. The van der Waals surface area contributed by atoms with Gasteiger partial charge >= 0.3 is 0 Å². The topological polar surface area (TPSA) is 58.8 Å². The maximum atomic E-state index is 5.75. The average molecular weight is 423 g/mol. The van der Waals surface area contributed by atoms with Gasteiger partial charge in [0.1, 0.15) is 12.3 Å². The molecule has 0 saturated carbocycles. The molecule has 1 heterocycles. The van der Waals surface area contributed by atoms with Crippen LogP contribution in [0.5, 0.6) is 0 Å². The second kappa shape index (κ2) is 12.8. The zero-order valence-electron chi connectivity index (χ0n) is 14.1. The van der Waals surface area contributed by atoms with Crippen molar-refractivity contribution in [1.29, 1.82) is 0 Å². The van der Waals surface area contributed by atoms with E-state index in [1.807, 2.05) is 19.1 Å². The van der Waals surface area contributed by atoms with E-state index in [4.69, 9.17) is 9.15 Å². The molecule has 5 nitrogen and oxygen atoms in total. The Bertz CT molecular complexity index is 394. The minimum absolute atomic E-state index is 0. The van der Waals surface area contributed by atoms with Gasteiger partial charge in [-0.05, 0) is 38.3 Å². The van der Waals surface area contributed by atoms with Crippen LogP contribution < -0.4 is 10.6 Å². The Morgan fingerprint density at radius 3 is 2.64 bits per heavy atom. The van der Waals surface area contributed by atoms with Crippen LogP contribution in [0, 0.1) is 5.92 Å². The Balaban J connectivity index is 0.00000441. The number of ether oxygens (including phenoxy) is 1. The zero-order chi connectivity index (χ0) is 15.5. The number of furan rings is 1. The molecule has 1 aromatic rings.